The summed E-state index contributed by atoms with van der Waals surface area (Å²) in [5.74, 6) is 1.31. The zero-order valence-corrected chi connectivity index (χ0v) is 11.6. The van der Waals surface area contributed by atoms with Gasteiger partial charge in [0.1, 0.15) is 5.76 Å². The van der Waals surface area contributed by atoms with Crippen LogP contribution in [0.25, 0.3) is 0 Å². The van der Waals surface area contributed by atoms with Crippen LogP contribution in [0.1, 0.15) is 34.7 Å². The van der Waals surface area contributed by atoms with E-state index >= 15 is 0 Å². The highest BCUT2D eigenvalue weighted by molar-refractivity contribution is 5.90. The minimum Gasteiger partial charge on any atom is -0.361 e. The summed E-state index contributed by atoms with van der Waals surface area (Å²) in [4.78, 5) is 11.9. The normalized spacial score (nSPS) is 10.7. The zero-order valence-electron chi connectivity index (χ0n) is 11.6. The second-order valence-electron chi connectivity index (χ2n) is 4.67. The molecule has 6 nitrogen and oxygen atoms in total. The van der Waals surface area contributed by atoms with Gasteiger partial charge in [-0.15, -0.1) is 0 Å². The minimum atomic E-state index is -0.0606. The average Bonchev–Trinajstić information content (AvgIpc) is 2.85. The first-order chi connectivity index (χ1) is 8.99. The molecule has 0 saturated heterocycles. The van der Waals surface area contributed by atoms with E-state index in [0.717, 1.165) is 28.3 Å². The van der Waals surface area contributed by atoms with Gasteiger partial charge in [-0.25, -0.2) is 0 Å². The Balaban J connectivity index is 1.94. The van der Waals surface area contributed by atoms with Gasteiger partial charge in [-0.3, -0.25) is 9.89 Å². The monoisotopic (exact) mass is 262 g/mol. The van der Waals surface area contributed by atoms with Crippen LogP contribution in [-0.2, 0) is 11.2 Å². The van der Waals surface area contributed by atoms with Gasteiger partial charge in [0.15, 0.2) is 5.82 Å². The van der Waals surface area contributed by atoms with E-state index in [2.05, 4.69) is 20.7 Å². The van der Waals surface area contributed by atoms with Crippen molar-refractivity contribution >= 4 is 11.7 Å². The van der Waals surface area contributed by atoms with Gasteiger partial charge in [0.2, 0.25) is 5.91 Å². The lowest BCUT2D eigenvalue weighted by Gasteiger charge is -2.03. The highest BCUT2D eigenvalue weighted by Crippen LogP contribution is 2.16. The number of amides is 1. The number of aryl methyl sites for hydroxylation is 3. The average molecular weight is 262 g/mol. The molecule has 0 saturated carbocycles. The lowest BCUT2D eigenvalue weighted by Crippen LogP contribution is -2.13. The Bertz CT molecular complexity index is 578. The topological polar surface area (TPSA) is 83.8 Å². The van der Waals surface area contributed by atoms with Crippen molar-refractivity contribution < 1.29 is 9.32 Å². The molecule has 0 aliphatic carbocycles. The maximum absolute atomic E-state index is 11.9. The smallest absolute Gasteiger partial charge is 0.225 e. The summed E-state index contributed by atoms with van der Waals surface area (Å²) in [6, 6.07) is 0. The summed E-state index contributed by atoms with van der Waals surface area (Å²) >= 11 is 0. The van der Waals surface area contributed by atoms with Crippen molar-refractivity contribution in [2.45, 2.75) is 40.5 Å². The number of carbonyl (C=O) groups excluding carboxylic acids is 1. The molecular weight excluding hydrogens is 244 g/mol. The van der Waals surface area contributed by atoms with E-state index < -0.39 is 0 Å². The van der Waals surface area contributed by atoms with Gasteiger partial charge in [-0.1, -0.05) is 5.16 Å². The van der Waals surface area contributed by atoms with Crippen molar-refractivity contribution in [1.29, 1.82) is 0 Å². The molecule has 0 unspecified atom stereocenters. The molecule has 2 rings (SSSR count). The Morgan fingerprint density at radius 3 is 2.58 bits per heavy atom. The maximum atomic E-state index is 11.9. The van der Waals surface area contributed by atoms with Gasteiger partial charge >= 0.3 is 0 Å². The molecule has 102 valence electrons. The van der Waals surface area contributed by atoms with Crippen LogP contribution in [0, 0.1) is 27.7 Å². The molecule has 6 heteroatoms. The Morgan fingerprint density at radius 2 is 2.05 bits per heavy atom. The largest absolute Gasteiger partial charge is 0.361 e. The minimum absolute atomic E-state index is 0.0606. The van der Waals surface area contributed by atoms with E-state index in [1.165, 1.54) is 0 Å². The Kier molecular flexibility index (Phi) is 3.69. The van der Waals surface area contributed by atoms with E-state index in [9.17, 15) is 4.79 Å². The van der Waals surface area contributed by atoms with Crippen LogP contribution < -0.4 is 5.32 Å². The van der Waals surface area contributed by atoms with E-state index in [4.69, 9.17) is 4.52 Å². The van der Waals surface area contributed by atoms with Crippen molar-refractivity contribution in [3.05, 3.63) is 28.3 Å². The quantitative estimate of drug-likeness (QED) is 0.884. The summed E-state index contributed by atoms with van der Waals surface area (Å²) < 4.78 is 5.07. The summed E-state index contributed by atoms with van der Waals surface area (Å²) in [5.41, 5.74) is 3.77. The molecule has 2 N–H and O–H groups in total. The molecule has 1 amide bonds. The predicted octanol–water partition coefficient (Wildman–Crippen LogP) is 2.20. The molecule has 19 heavy (non-hydrogen) atoms. The Labute approximate surface area is 111 Å². The summed E-state index contributed by atoms with van der Waals surface area (Å²) in [5, 5.41) is 13.6. The SMILES string of the molecule is Cc1noc(C)c1CCC(=O)Nc1n[nH]c(C)c1C. The molecule has 0 atom stereocenters. The number of aromatic amines is 1. The van der Waals surface area contributed by atoms with Crippen LogP contribution in [0.2, 0.25) is 0 Å². The van der Waals surface area contributed by atoms with Crippen molar-refractivity contribution in [2.75, 3.05) is 5.32 Å². The standard InChI is InChI=1S/C13H18N4O2/c1-7-8(2)15-16-13(7)14-12(18)6-5-11-9(3)17-19-10(11)4/h5-6H2,1-4H3,(H2,14,15,16,18). The van der Waals surface area contributed by atoms with Crippen molar-refractivity contribution in [3.63, 3.8) is 0 Å². The number of carbonyl (C=O) groups is 1. The fourth-order valence-electron chi connectivity index (χ4n) is 1.90. The van der Waals surface area contributed by atoms with Crippen molar-refractivity contribution in [1.82, 2.24) is 15.4 Å². The predicted molar refractivity (Wildman–Crippen MR) is 71.0 cm³/mol. The number of H-pyrrole nitrogens is 1. The second-order valence-corrected chi connectivity index (χ2v) is 4.67. The second kappa shape index (κ2) is 5.26. The molecule has 0 bridgehead atoms. The van der Waals surface area contributed by atoms with Gasteiger partial charge in [0.05, 0.1) is 5.69 Å². The summed E-state index contributed by atoms with van der Waals surface area (Å²) in [6.45, 7) is 7.57. The van der Waals surface area contributed by atoms with E-state index in [-0.39, 0.29) is 5.91 Å². The van der Waals surface area contributed by atoms with Crippen molar-refractivity contribution in [3.8, 4) is 0 Å². The number of aromatic nitrogens is 3. The number of rotatable bonds is 4. The molecule has 2 aromatic rings. The zero-order chi connectivity index (χ0) is 14.0. The molecule has 2 heterocycles. The molecule has 2 aromatic heterocycles. The third kappa shape index (κ3) is 2.83. The first-order valence-corrected chi connectivity index (χ1v) is 6.22. The highest BCUT2D eigenvalue weighted by Gasteiger charge is 2.13. The Morgan fingerprint density at radius 1 is 1.32 bits per heavy atom. The maximum Gasteiger partial charge on any atom is 0.225 e. The van der Waals surface area contributed by atoms with Crippen molar-refractivity contribution in [2.24, 2.45) is 0 Å². The van der Waals surface area contributed by atoms with Gasteiger partial charge in [0, 0.05) is 23.2 Å². The summed E-state index contributed by atoms with van der Waals surface area (Å²) in [7, 11) is 0. The van der Waals surface area contributed by atoms with Gasteiger partial charge in [-0.05, 0) is 34.1 Å². The molecule has 0 fully saturated rings. The number of anilines is 1. The van der Waals surface area contributed by atoms with Crippen LogP contribution >= 0.6 is 0 Å². The molecule has 0 aliphatic heterocycles. The first kappa shape index (κ1) is 13.3. The van der Waals surface area contributed by atoms with Gasteiger partial charge in [0.25, 0.3) is 0 Å². The number of nitrogens with one attached hydrogen (secondary N) is 2. The third-order valence-corrected chi connectivity index (χ3v) is 3.29. The molecular formula is C13H18N4O2. The van der Waals surface area contributed by atoms with E-state index in [0.29, 0.717) is 18.7 Å². The fraction of sp³-hybridized carbons (Fsp3) is 0.462. The summed E-state index contributed by atoms with van der Waals surface area (Å²) in [6.07, 6.45) is 1.00. The Hall–Kier alpha value is -2.11. The van der Waals surface area contributed by atoms with Crippen LogP contribution in [0.15, 0.2) is 4.52 Å². The molecule has 0 radical (unpaired) electrons. The lowest BCUT2D eigenvalue weighted by atomic mass is 10.1. The molecule has 0 aromatic carbocycles. The van der Waals surface area contributed by atoms with E-state index in [1.54, 1.807) is 0 Å². The van der Waals surface area contributed by atoms with Crippen LogP contribution in [0.4, 0.5) is 5.82 Å². The van der Waals surface area contributed by atoms with Crippen LogP contribution in [0.3, 0.4) is 0 Å². The number of hydrogen-bond donors (Lipinski definition) is 2. The van der Waals surface area contributed by atoms with Gasteiger partial charge < -0.3 is 9.84 Å². The molecule has 0 aliphatic rings. The molecule has 0 spiro atoms. The van der Waals surface area contributed by atoms with Crippen LogP contribution in [0.5, 0.6) is 0 Å². The number of hydrogen-bond acceptors (Lipinski definition) is 4. The van der Waals surface area contributed by atoms with E-state index in [1.807, 2.05) is 27.7 Å². The van der Waals surface area contributed by atoms with Crippen LogP contribution in [-0.4, -0.2) is 21.3 Å². The number of nitrogens with zero attached hydrogens (tertiary/aromatic N) is 2. The lowest BCUT2D eigenvalue weighted by molar-refractivity contribution is -0.116. The fourth-order valence-corrected chi connectivity index (χ4v) is 1.90. The highest BCUT2D eigenvalue weighted by atomic mass is 16.5. The first-order valence-electron chi connectivity index (χ1n) is 6.22. The van der Waals surface area contributed by atoms with Gasteiger partial charge in [-0.2, -0.15) is 5.10 Å². The third-order valence-electron chi connectivity index (χ3n) is 3.29.